The number of aromatic nitrogens is 4. The molecule has 32 heavy (non-hydrogen) atoms. The number of thiazole rings is 1. The van der Waals surface area contributed by atoms with Gasteiger partial charge in [-0.25, -0.2) is 9.98 Å². The van der Waals surface area contributed by atoms with E-state index >= 15 is 0 Å². The summed E-state index contributed by atoms with van der Waals surface area (Å²) in [5.41, 5.74) is 3.20. The van der Waals surface area contributed by atoms with Crippen LogP contribution in [0, 0.1) is 0 Å². The Morgan fingerprint density at radius 3 is 2.72 bits per heavy atom. The second-order valence-corrected chi connectivity index (χ2v) is 8.30. The van der Waals surface area contributed by atoms with E-state index in [9.17, 15) is 0 Å². The fourth-order valence-corrected chi connectivity index (χ4v) is 4.69. The molecule has 0 unspecified atom stereocenters. The second-order valence-electron chi connectivity index (χ2n) is 7.46. The van der Waals surface area contributed by atoms with E-state index in [1.807, 2.05) is 36.9 Å². The molecule has 3 aromatic heterocycles. The van der Waals surface area contributed by atoms with E-state index in [-0.39, 0.29) is 0 Å². The SMILES string of the molecule is COc1ccc2cc(-c3csc(=Nc4cccnc4)n3CCCn3ccnc3)ccc2c1. The molecule has 0 fully saturated rings. The van der Waals surface area contributed by atoms with Crippen molar-refractivity contribution >= 4 is 27.8 Å². The molecular formula is C25H23N5OS. The van der Waals surface area contributed by atoms with E-state index < -0.39 is 0 Å². The first-order valence-electron chi connectivity index (χ1n) is 10.5. The molecule has 3 heterocycles. The third-order valence-corrected chi connectivity index (χ3v) is 6.23. The topological polar surface area (TPSA) is 57.2 Å². The molecular weight excluding hydrogens is 418 g/mol. The number of ether oxygens (including phenoxy) is 1. The van der Waals surface area contributed by atoms with Crippen LogP contribution >= 0.6 is 11.3 Å². The molecule has 2 aromatic carbocycles. The van der Waals surface area contributed by atoms with E-state index in [4.69, 9.17) is 9.73 Å². The molecule has 0 N–H and O–H groups in total. The number of aryl methyl sites for hydroxylation is 1. The minimum atomic E-state index is 0.856. The third-order valence-electron chi connectivity index (χ3n) is 5.37. The van der Waals surface area contributed by atoms with Crippen LogP contribution in [0.4, 0.5) is 5.69 Å². The summed E-state index contributed by atoms with van der Waals surface area (Å²) in [6.07, 6.45) is 10.2. The first kappa shape index (κ1) is 20.2. The van der Waals surface area contributed by atoms with E-state index in [1.54, 1.807) is 30.8 Å². The van der Waals surface area contributed by atoms with Crippen molar-refractivity contribution in [1.29, 1.82) is 0 Å². The van der Waals surface area contributed by atoms with Crippen molar-refractivity contribution in [2.45, 2.75) is 19.5 Å². The van der Waals surface area contributed by atoms with Crippen LogP contribution < -0.4 is 9.54 Å². The number of nitrogens with zero attached hydrogens (tertiary/aromatic N) is 5. The summed E-state index contributed by atoms with van der Waals surface area (Å²) < 4.78 is 9.77. The fraction of sp³-hybridized carbons (Fsp3) is 0.160. The zero-order valence-electron chi connectivity index (χ0n) is 17.8. The highest BCUT2D eigenvalue weighted by Gasteiger charge is 2.10. The maximum Gasteiger partial charge on any atom is 0.190 e. The van der Waals surface area contributed by atoms with Gasteiger partial charge in [0, 0.05) is 37.1 Å². The van der Waals surface area contributed by atoms with Crippen molar-refractivity contribution in [2.24, 2.45) is 4.99 Å². The van der Waals surface area contributed by atoms with Crippen molar-refractivity contribution in [3.8, 4) is 17.0 Å². The van der Waals surface area contributed by atoms with Crippen LogP contribution in [0.2, 0.25) is 0 Å². The Hall–Kier alpha value is -3.71. The molecule has 0 aliphatic heterocycles. The summed E-state index contributed by atoms with van der Waals surface area (Å²) in [6.45, 7) is 1.77. The van der Waals surface area contributed by atoms with Gasteiger partial charge in [-0.2, -0.15) is 0 Å². The van der Waals surface area contributed by atoms with Crippen LogP contribution in [0.15, 0.2) is 90.0 Å². The molecule has 7 heteroatoms. The van der Waals surface area contributed by atoms with Crippen molar-refractivity contribution < 1.29 is 4.74 Å². The average Bonchev–Trinajstić information content (AvgIpc) is 3.50. The van der Waals surface area contributed by atoms with E-state index in [1.165, 1.54) is 16.6 Å². The van der Waals surface area contributed by atoms with Gasteiger partial charge in [0.25, 0.3) is 0 Å². The van der Waals surface area contributed by atoms with Crippen molar-refractivity contribution in [1.82, 2.24) is 19.1 Å². The van der Waals surface area contributed by atoms with Gasteiger partial charge in [-0.1, -0.05) is 18.2 Å². The first-order chi connectivity index (χ1) is 15.8. The first-order valence-corrected chi connectivity index (χ1v) is 11.4. The molecule has 5 rings (SSSR count). The van der Waals surface area contributed by atoms with Gasteiger partial charge in [-0.15, -0.1) is 11.3 Å². The Bertz CT molecular complexity index is 1390. The van der Waals surface area contributed by atoms with Crippen molar-refractivity contribution in [3.05, 3.63) is 89.8 Å². The lowest BCUT2D eigenvalue weighted by Crippen LogP contribution is -2.17. The number of benzene rings is 2. The van der Waals surface area contributed by atoms with E-state index in [0.29, 0.717) is 0 Å². The zero-order chi connectivity index (χ0) is 21.8. The Morgan fingerprint density at radius 2 is 1.91 bits per heavy atom. The van der Waals surface area contributed by atoms with Crippen LogP contribution in [-0.2, 0) is 13.1 Å². The minimum Gasteiger partial charge on any atom is -0.497 e. The third kappa shape index (κ3) is 4.33. The van der Waals surface area contributed by atoms with Gasteiger partial charge in [-0.05, 0) is 53.1 Å². The Morgan fingerprint density at radius 1 is 1.00 bits per heavy atom. The fourth-order valence-electron chi connectivity index (χ4n) is 3.74. The summed E-state index contributed by atoms with van der Waals surface area (Å²) in [7, 11) is 1.70. The van der Waals surface area contributed by atoms with Gasteiger partial charge < -0.3 is 13.9 Å². The highest BCUT2D eigenvalue weighted by molar-refractivity contribution is 7.07. The quantitative estimate of drug-likeness (QED) is 0.345. The normalized spacial score (nSPS) is 11.8. The molecule has 0 amide bonds. The highest BCUT2D eigenvalue weighted by Crippen LogP contribution is 2.28. The lowest BCUT2D eigenvalue weighted by atomic mass is 10.0. The van der Waals surface area contributed by atoms with Crippen molar-refractivity contribution in [3.63, 3.8) is 0 Å². The number of methoxy groups -OCH3 is 1. The maximum atomic E-state index is 5.36. The molecule has 0 aliphatic carbocycles. The van der Waals surface area contributed by atoms with Crippen molar-refractivity contribution in [2.75, 3.05) is 7.11 Å². The number of hydrogen-bond donors (Lipinski definition) is 0. The van der Waals surface area contributed by atoms with Gasteiger partial charge in [0.05, 0.1) is 31.0 Å². The second kappa shape index (κ2) is 9.20. The Labute approximate surface area is 190 Å². The summed E-state index contributed by atoms with van der Waals surface area (Å²) in [4.78, 5) is 14.2. The van der Waals surface area contributed by atoms with Gasteiger partial charge in [0.1, 0.15) is 5.75 Å². The lowest BCUT2D eigenvalue weighted by molar-refractivity contribution is 0.415. The van der Waals surface area contributed by atoms with Gasteiger partial charge in [0.15, 0.2) is 4.80 Å². The molecule has 160 valence electrons. The Kier molecular flexibility index (Phi) is 5.81. The van der Waals surface area contributed by atoms with Gasteiger partial charge >= 0.3 is 0 Å². The number of imidazole rings is 1. The molecule has 0 radical (unpaired) electrons. The monoisotopic (exact) mass is 441 g/mol. The van der Waals surface area contributed by atoms with Gasteiger partial charge in [0.2, 0.25) is 0 Å². The number of hydrogen-bond acceptors (Lipinski definition) is 5. The molecule has 6 nitrogen and oxygen atoms in total. The molecule has 0 aliphatic rings. The predicted molar refractivity (Wildman–Crippen MR) is 128 cm³/mol. The molecule has 5 aromatic rings. The van der Waals surface area contributed by atoms with Crippen LogP contribution in [0.3, 0.4) is 0 Å². The minimum absolute atomic E-state index is 0.856. The van der Waals surface area contributed by atoms with Crippen LogP contribution in [-0.4, -0.2) is 26.2 Å². The standard InChI is InChI=1S/C25H23N5OS/c1-31-23-8-7-19-14-21(6-5-20(19)15-23)24-17-32-25(28-22-4-2-9-26-16-22)30(24)12-3-11-29-13-10-27-18-29/h2,4-10,13-18H,3,11-12H2,1H3. The Balaban J connectivity index is 1.53. The number of fused-ring (bicyclic) bond motifs is 1. The largest absolute Gasteiger partial charge is 0.497 e. The average molecular weight is 442 g/mol. The predicted octanol–water partition coefficient (Wildman–Crippen LogP) is 5.29. The maximum absolute atomic E-state index is 5.36. The summed E-state index contributed by atoms with van der Waals surface area (Å²) in [5, 5.41) is 4.54. The molecule has 0 bridgehead atoms. The molecule has 0 spiro atoms. The van der Waals surface area contributed by atoms with Gasteiger partial charge in [-0.3, -0.25) is 4.98 Å². The van der Waals surface area contributed by atoms with Crippen LogP contribution in [0.25, 0.3) is 22.0 Å². The molecule has 0 atom stereocenters. The van der Waals surface area contributed by atoms with E-state index in [0.717, 1.165) is 41.1 Å². The number of pyridine rings is 1. The smallest absolute Gasteiger partial charge is 0.190 e. The van der Waals surface area contributed by atoms with Crippen LogP contribution in [0.5, 0.6) is 5.75 Å². The van der Waals surface area contributed by atoms with Crippen LogP contribution in [0.1, 0.15) is 6.42 Å². The molecule has 0 saturated heterocycles. The highest BCUT2D eigenvalue weighted by atomic mass is 32.1. The summed E-state index contributed by atoms with van der Waals surface area (Å²) in [5.74, 6) is 0.868. The number of rotatable bonds is 7. The lowest BCUT2D eigenvalue weighted by Gasteiger charge is -2.11. The van der Waals surface area contributed by atoms with E-state index in [2.05, 4.69) is 54.8 Å². The zero-order valence-corrected chi connectivity index (χ0v) is 18.6. The summed E-state index contributed by atoms with van der Waals surface area (Å²) >= 11 is 1.65. The summed E-state index contributed by atoms with van der Waals surface area (Å²) in [6, 6.07) is 16.6. The molecule has 0 saturated carbocycles.